The SMILES string of the molecule is CC1CCCCC1Oc1ccc(S(N)(=O)=O)cc1C(=O)O. The number of carbonyl (C=O) groups is 1. The van der Waals surface area contributed by atoms with E-state index in [-0.39, 0.29) is 22.3 Å². The predicted molar refractivity (Wildman–Crippen MR) is 76.8 cm³/mol. The van der Waals surface area contributed by atoms with Crippen LogP contribution in [0, 0.1) is 5.92 Å². The minimum absolute atomic E-state index is 0.0443. The number of aromatic carboxylic acids is 1. The van der Waals surface area contributed by atoms with Crippen LogP contribution in [0.5, 0.6) is 5.75 Å². The number of carboxylic acids is 1. The Labute approximate surface area is 124 Å². The van der Waals surface area contributed by atoms with Gasteiger partial charge in [-0.2, -0.15) is 0 Å². The molecule has 116 valence electrons. The highest BCUT2D eigenvalue weighted by atomic mass is 32.2. The summed E-state index contributed by atoms with van der Waals surface area (Å²) < 4.78 is 28.4. The van der Waals surface area contributed by atoms with E-state index < -0.39 is 16.0 Å². The van der Waals surface area contributed by atoms with Gasteiger partial charge in [0.15, 0.2) is 0 Å². The number of hydrogen-bond acceptors (Lipinski definition) is 4. The molecule has 3 N–H and O–H groups in total. The molecule has 0 saturated heterocycles. The smallest absolute Gasteiger partial charge is 0.339 e. The number of nitrogens with two attached hydrogens (primary N) is 1. The van der Waals surface area contributed by atoms with E-state index in [1.807, 2.05) is 0 Å². The quantitative estimate of drug-likeness (QED) is 0.884. The zero-order valence-electron chi connectivity index (χ0n) is 11.8. The van der Waals surface area contributed by atoms with Crippen molar-refractivity contribution in [2.75, 3.05) is 0 Å². The maximum Gasteiger partial charge on any atom is 0.339 e. The Morgan fingerprint density at radius 1 is 1.33 bits per heavy atom. The fourth-order valence-corrected chi connectivity index (χ4v) is 3.12. The topological polar surface area (TPSA) is 107 Å². The first kappa shape index (κ1) is 15.8. The van der Waals surface area contributed by atoms with Crippen LogP contribution < -0.4 is 9.88 Å². The number of benzene rings is 1. The normalized spacial score (nSPS) is 22.8. The molecule has 2 rings (SSSR count). The molecule has 2 unspecified atom stereocenters. The summed E-state index contributed by atoms with van der Waals surface area (Å²) in [7, 11) is -3.94. The van der Waals surface area contributed by atoms with Gasteiger partial charge in [-0.1, -0.05) is 13.3 Å². The van der Waals surface area contributed by atoms with Crippen molar-refractivity contribution < 1.29 is 23.1 Å². The number of hydrogen-bond donors (Lipinski definition) is 2. The monoisotopic (exact) mass is 313 g/mol. The van der Waals surface area contributed by atoms with Crippen LogP contribution in [0.1, 0.15) is 43.0 Å². The molecule has 2 atom stereocenters. The highest BCUT2D eigenvalue weighted by Gasteiger charge is 2.25. The molecule has 1 fully saturated rings. The molecule has 0 bridgehead atoms. The van der Waals surface area contributed by atoms with Crippen LogP contribution >= 0.6 is 0 Å². The molecule has 0 aromatic heterocycles. The molecule has 0 amide bonds. The highest BCUT2D eigenvalue weighted by molar-refractivity contribution is 7.89. The molecule has 1 aromatic carbocycles. The molecule has 7 heteroatoms. The summed E-state index contributed by atoms with van der Waals surface area (Å²) in [6.45, 7) is 2.07. The van der Waals surface area contributed by atoms with Crippen LogP contribution in [-0.4, -0.2) is 25.6 Å². The van der Waals surface area contributed by atoms with Gasteiger partial charge >= 0.3 is 5.97 Å². The number of primary sulfonamides is 1. The summed E-state index contributed by atoms with van der Waals surface area (Å²) in [6, 6.07) is 3.68. The third kappa shape index (κ3) is 3.74. The standard InChI is InChI=1S/C14H19NO5S/c1-9-4-2-3-5-12(9)20-13-7-6-10(21(15,18)19)8-11(13)14(16)17/h6-9,12H,2-5H2,1H3,(H,16,17)(H2,15,18,19). The van der Waals surface area contributed by atoms with Gasteiger partial charge in [-0.25, -0.2) is 18.4 Å². The van der Waals surface area contributed by atoms with Crippen molar-refractivity contribution in [3.63, 3.8) is 0 Å². The van der Waals surface area contributed by atoms with Crippen LogP contribution in [0.2, 0.25) is 0 Å². The average Bonchev–Trinajstić information content (AvgIpc) is 2.40. The summed E-state index contributed by atoms with van der Waals surface area (Å²) in [5, 5.41) is 14.3. The second kappa shape index (κ2) is 6.03. The Morgan fingerprint density at radius 2 is 2.00 bits per heavy atom. The highest BCUT2D eigenvalue weighted by Crippen LogP contribution is 2.30. The molecular weight excluding hydrogens is 294 g/mol. The van der Waals surface area contributed by atoms with E-state index in [1.54, 1.807) is 0 Å². The Kier molecular flexibility index (Phi) is 4.53. The summed E-state index contributed by atoms with van der Waals surface area (Å²) in [5.41, 5.74) is -0.181. The number of rotatable bonds is 4. The summed E-state index contributed by atoms with van der Waals surface area (Å²) in [6.07, 6.45) is 4.07. The molecule has 0 spiro atoms. The van der Waals surface area contributed by atoms with Crippen LogP contribution in [0.3, 0.4) is 0 Å². The molecular formula is C14H19NO5S. The Morgan fingerprint density at radius 3 is 2.57 bits per heavy atom. The van der Waals surface area contributed by atoms with Gasteiger partial charge in [0.05, 0.1) is 4.90 Å². The summed E-state index contributed by atoms with van der Waals surface area (Å²) in [4.78, 5) is 11.1. The fourth-order valence-electron chi connectivity index (χ4n) is 2.58. The lowest BCUT2D eigenvalue weighted by Crippen LogP contribution is -2.29. The molecule has 0 heterocycles. The van der Waals surface area contributed by atoms with Gasteiger partial charge in [0.25, 0.3) is 0 Å². The maximum atomic E-state index is 11.3. The molecule has 0 aliphatic heterocycles. The van der Waals surface area contributed by atoms with E-state index in [9.17, 15) is 18.3 Å². The zero-order valence-corrected chi connectivity index (χ0v) is 12.6. The Hall–Kier alpha value is -1.60. The van der Waals surface area contributed by atoms with Gasteiger partial charge in [0.1, 0.15) is 17.4 Å². The van der Waals surface area contributed by atoms with Crippen molar-refractivity contribution in [2.45, 2.75) is 43.6 Å². The van der Waals surface area contributed by atoms with Crippen molar-refractivity contribution >= 4 is 16.0 Å². The van der Waals surface area contributed by atoms with Crippen molar-refractivity contribution in [1.29, 1.82) is 0 Å². The van der Waals surface area contributed by atoms with Gasteiger partial charge in [-0.05, 0) is 43.4 Å². The molecule has 21 heavy (non-hydrogen) atoms. The molecule has 6 nitrogen and oxygen atoms in total. The first-order chi connectivity index (χ1) is 9.79. The third-order valence-electron chi connectivity index (χ3n) is 3.82. The lowest BCUT2D eigenvalue weighted by Gasteiger charge is -2.29. The maximum absolute atomic E-state index is 11.3. The van der Waals surface area contributed by atoms with Gasteiger partial charge in [-0.15, -0.1) is 0 Å². The third-order valence-corrected chi connectivity index (χ3v) is 4.73. The van der Waals surface area contributed by atoms with E-state index in [4.69, 9.17) is 9.88 Å². The average molecular weight is 313 g/mol. The molecule has 1 saturated carbocycles. The van der Waals surface area contributed by atoms with Crippen LogP contribution in [0.4, 0.5) is 0 Å². The van der Waals surface area contributed by atoms with E-state index in [1.165, 1.54) is 12.1 Å². The number of carboxylic acid groups (broad SMARTS) is 1. The van der Waals surface area contributed by atoms with Crippen molar-refractivity contribution in [2.24, 2.45) is 11.1 Å². The summed E-state index contributed by atoms with van der Waals surface area (Å²) >= 11 is 0. The summed E-state index contributed by atoms with van der Waals surface area (Å²) in [5.74, 6) is -0.703. The largest absolute Gasteiger partial charge is 0.489 e. The molecule has 0 radical (unpaired) electrons. The van der Waals surface area contributed by atoms with E-state index in [2.05, 4.69) is 6.92 Å². The first-order valence-corrected chi connectivity index (χ1v) is 8.40. The van der Waals surface area contributed by atoms with Gasteiger partial charge in [0.2, 0.25) is 10.0 Å². The number of sulfonamides is 1. The van der Waals surface area contributed by atoms with Gasteiger partial charge in [-0.3, -0.25) is 0 Å². The Balaban J connectivity index is 2.32. The van der Waals surface area contributed by atoms with Crippen LogP contribution in [0.15, 0.2) is 23.1 Å². The van der Waals surface area contributed by atoms with Crippen LogP contribution in [-0.2, 0) is 10.0 Å². The zero-order chi connectivity index (χ0) is 15.6. The lowest BCUT2D eigenvalue weighted by molar-refractivity contribution is 0.0673. The lowest BCUT2D eigenvalue weighted by atomic mass is 9.88. The minimum atomic E-state index is -3.94. The van der Waals surface area contributed by atoms with Gasteiger partial charge in [0, 0.05) is 0 Å². The second-order valence-corrected chi connectivity index (χ2v) is 6.99. The van der Waals surface area contributed by atoms with Crippen LogP contribution in [0.25, 0.3) is 0 Å². The molecule has 1 aromatic rings. The van der Waals surface area contributed by atoms with Gasteiger partial charge < -0.3 is 9.84 Å². The van der Waals surface area contributed by atoms with E-state index in [0.29, 0.717) is 5.92 Å². The Bertz CT molecular complexity index is 641. The first-order valence-electron chi connectivity index (χ1n) is 6.86. The fraction of sp³-hybridized carbons (Fsp3) is 0.500. The number of ether oxygens (including phenoxy) is 1. The van der Waals surface area contributed by atoms with E-state index >= 15 is 0 Å². The minimum Gasteiger partial charge on any atom is -0.489 e. The van der Waals surface area contributed by atoms with E-state index in [0.717, 1.165) is 31.7 Å². The predicted octanol–water partition coefficient (Wildman–Crippen LogP) is 1.99. The van der Waals surface area contributed by atoms with Crippen molar-refractivity contribution in [1.82, 2.24) is 0 Å². The van der Waals surface area contributed by atoms with Crippen molar-refractivity contribution in [3.05, 3.63) is 23.8 Å². The molecule has 1 aliphatic carbocycles. The van der Waals surface area contributed by atoms with Crippen molar-refractivity contribution in [3.8, 4) is 5.75 Å². The second-order valence-electron chi connectivity index (χ2n) is 5.43. The molecule has 1 aliphatic rings.